The fourth-order valence-corrected chi connectivity index (χ4v) is 4.26. The van der Waals surface area contributed by atoms with E-state index in [4.69, 9.17) is 0 Å². The maximum absolute atomic E-state index is 12.5. The molecule has 1 N–H and O–H groups in total. The zero-order valence-electron chi connectivity index (χ0n) is 16.2. The number of para-hydroxylation sites is 2. The molecule has 0 saturated heterocycles. The molecule has 2 heterocycles. The van der Waals surface area contributed by atoms with Crippen LogP contribution in [0.1, 0.15) is 21.7 Å². The lowest BCUT2D eigenvalue weighted by Gasteiger charge is -2.16. The summed E-state index contributed by atoms with van der Waals surface area (Å²) in [4.78, 5) is 32.6. The third-order valence-corrected chi connectivity index (χ3v) is 5.71. The number of aromatic nitrogens is 2. The van der Waals surface area contributed by atoms with Crippen LogP contribution < -0.4 is 10.9 Å². The Bertz CT molecular complexity index is 1200. The van der Waals surface area contributed by atoms with E-state index in [0.717, 1.165) is 30.5 Å². The van der Waals surface area contributed by atoms with Crippen molar-refractivity contribution in [2.75, 3.05) is 20.1 Å². The molecule has 29 heavy (non-hydrogen) atoms. The number of carbonyl (C=O) groups excluding carboxylic acids is 1. The minimum atomic E-state index is -0.236. The highest BCUT2D eigenvalue weighted by atomic mass is 32.1. The van der Waals surface area contributed by atoms with Crippen molar-refractivity contribution >= 4 is 33.2 Å². The number of nitrogens with one attached hydrogen (secondary N) is 1. The van der Waals surface area contributed by atoms with Crippen LogP contribution >= 0.6 is 11.3 Å². The van der Waals surface area contributed by atoms with Crippen molar-refractivity contribution in [3.8, 4) is 0 Å². The highest BCUT2D eigenvalue weighted by Crippen LogP contribution is 2.19. The summed E-state index contributed by atoms with van der Waals surface area (Å²) < 4.78 is 1.55. The number of amides is 1. The number of benzene rings is 2. The highest BCUT2D eigenvalue weighted by Gasteiger charge is 2.13. The van der Waals surface area contributed by atoms with Crippen molar-refractivity contribution in [2.45, 2.75) is 13.0 Å². The van der Waals surface area contributed by atoms with Gasteiger partial charge in [0, 0.05) is 19.2 Å². The monoisotopic (exact) mass is 406 g/mol. The fraction of sp³-hybridized carbons (Fsp3) is 0.227. The largest absolute Gasteiger partial charge is 0.351 e. The summed E-state index contributed by atoms with van der Waals surface area (Å²) in [6.07, 6.45) is 0.833. The molecule has 2 aromatic heterocycles. The standard InChI is InChI=1S/C22H22N4O2S/c1-25(15-16-8-3-2-4-9-16)13-7-12-23-21(28)19-14-20(27)26-18-11-6-5-10-17(18)24-22(26)29-19/h2-6,8-11,14H,7,12-13,15H2,1H3,(H,23,28). The first-order valence-corrected chi connectivity index (χ1v) is 10.4. The number of hydrogen-bond acceptors (Lipinski definition) is 5. The molecule has 0 atom stereocenters. The van der Waals surface area contributed by atoms with Gasteiger partial charge in [0.2, 0.25) is 0 Å². The molecule has 148 valence electrons. The molecule has 2 aromatic carbocycles. The Balaban J connectivity index is 1.35. The van der Waals surface area contributed by atoms with Crippen molar-refractivity contribution in [3.63, 3.8) is 0 Å². The van der Waals surface area contributed by atoms with Gasteiger partial charge >= 0.3 is 0 Å². The van der Waals surface area contributed by atoms with E-state index in [2.05, 4.69) is 34.4 Å². The topological polar surface area (TPSA) is 66.7 Å². The first-order valence-electron chi connectivity index (χ1n) is 9.54. The summed E-state index contributed by atoms with van der Waals surface area (Å²) in [5.41, 5.74) is 2.54. The van der Waals surface area contributed by atoms with Crippen molar-refractivity contribution in [3.05, 3.63) is 81.5 Å². The molecule has 0 saturated carbocycles. The lowest BCUT2D eigenvalue weighted by molar-refractivity contribution is 0.0955. The zero-order chi connectivity index (χ0) is 20.2. The van der Waals surface area contributed by atoms with Gasteiger partial charge in [0.15, 0.2) is 4.96 Å². The molecule has 0 unspecified atom stereocenters. The summed E-state index contributed by atoms with van der Waals surface area (Å²) in [7, 11) is 2.07. The quantitative estimate of drug-likeness (QED) is 0.479. The van der Waals surface area contributed by atoms with E-state index in [9.17, 15) is 9.59 Å². The van der Waals surface area contributed by atoms with Crippen molar-refractivity contribution in [1.29, 1.82) is 0 Å². The Labute approximate surface area is 172 Å². The van der Waals surface area contributed by atoms with Crippen molar-refractivity contribution in [2.24, 2.45) is 0 Å². The van der Waals surface area contributed by atoms with Crippen LogP contribution in [-0.2, 0) is 6.54 Å². The second-order valence-electron chi connectivity index (χ2n) is 7.00. The Hall–Kier alpha value is -3.03. The van der Waals surface area contributed by atoms with Crippen LogP contribution in [0.4, 0.5) is 0 Å². The lowest BCUT2D eigenvalue weighted by atomic mass is 10.2. The molecule has 0 radical (unpaired) electrons. The van der Waals surface area contributed by atoms with Gasteiger partial charge in [-0.15, -0.1) is 0 Å². The van der Waals surface area contributed by atoms with E-state index in [1.165, 1.54) is 23.0 Å². The van der Waals surface area contributed by atoms with Crippen LogP contribution in [0, 0.1) is 0 Å². The molecular weight excluding hydrogens is 384 g/mol. The van der Waals surface area contributed by atoms with Crippen LogP contribution in [0.2, 0.25) is 0 Å². The lowest BCUT2D eigenvalue weighted by Crippen LogP contribution is -2.28. The molecule has 0 spiro atoms. The van der Waals surface area contributed by atoms with Crippen LogP contribution in [0.25, 0.3) is 16.0 Å². The summed E-state index contributed by atoms with van der Waals surface area (Å²) in [6.45, 7) is 2.30. The summed E-state index contributed by atoms with van der Waals surface area (Å²) in [5.74, 6) is -0.229. The third kappa shape index (κ3) is 4.36. The number of rotatable bonds is 7. The maximum Gasteiger partial charge on any atom is 0.261 e. The Kier molecular flexibility index (Phi) is 5.69. The number of carbonyl (C=O) groups is 1. The van der Waals surface area contributed by atoms with Crippen LogP contribution in [0.15, 0.2) is 65.5 Å². The zero-order valence-corrected chi connectivity index (χ0v) is 17.0. The van der Waals surface area contributed by atoms with Gasteiger partial charge in [-0.3, -0.25) is 14.0 Å². The highest BCUT2D eigenvalue weighted by molar-refractivity contribution is 7.18. The predicted octanol–water partition coefficient (Wildman–Crippen LogP) is 3.16. The van der Waals surface area contributed by atoms with E-state index in [1.54, 1.807) is 4.40 Å². The van der Waals surface area contributed by atoms with Gasteiger partial charge in [0.05, 0.1) is 11.0 Å². The number of nitrogens with zero attached hydrogens (tertiary/aromatic N) is 3. The fourth-order valence-electron chi connectivity index (χ4n) is 3.31. The molecule has 4 aromatic rings. The number of hydrogen-bond donors (Lipinski definition) is 1. The van der Waals surface area contributed by atoms with E-state index < -0.39 is 0 Å². The summed E-state index contributed by atoms with van der Waals surface area (Å²) >= 11 is 1.23. The second kappa shape index (κ2) is 8.55. The molecular formula is C22H22N4O2S. The average molecular weight is 407 g/mol. The van der Waals surface area contributed by atoms with E-state index in [1.807, 2.05) is 42.5 Å². The van der Waals surface area contributed by atoms with Gasteiger partial charge in [0.1, 0.15) is 4.88 Å². The molecule has 0 fully saturated rings. The molecule has 0 aliphatic rings. The Morgan fingerprint density at radius 2 is 1.90 bits per heavy atom. The first kappa shape index (κ1) is 19.3. The van der Waals surface area contributed by atoms with Crippen LogP contribution in [-0.4, -0.2) is 40.3 Å². The summed E-state index contributed by atoms with van der Waals surface area (Å²) in [5, 5.41) is 2.91. The average Bonchev–Trinajstić information content (AvgIpc) is 3.10. The smallest absolute Gasteiger partial charge is 0.261 e. The van der Waals surface area contributed by atoms with Gasteiger partial charge in [-0.1, -0.05) is 53.8 Å². The maximum atomic E-state index is 12.5. The van der Waals surface area contributed by atoms with E-state index in [-0.39, 0.29) is 11.5 Å². The molecule has 4 rings (SSSR count). The van der Waals surface area contributed by atoms with Gasteiger partial charge in [-0.25, -0.2) is 4.98 Å². The minimum absolute atomic E-state index is 0.229. The second-order valence-corrected chi connectivity index (χ2v) is 8.01. The SMILES string of the molecule is CN(CCCNC(=O)c1cc(=O)n2c(nc3ccccc32)s1)Cc1ccccc1. The molecule has 6 nitrogen and oxygen atoms in total. The minimum Gasteiger partial charge on any atom is -0.351 e. The Morgan fingerprint density at radius 1 is 1.14 bits per heavy atom. The van der Waals surface area contributed by atoms with E-state index in [0.29, 0.717) is 16.4 Å². The van der Waals surface area contributed by atoms with Gasteiger partial charge < -0.3 is 10.2 Å². The first-order chi connectivity index (χ1) is 14.1. The third-order valence-electron chi connectivity index (χ3n) is 4.73. The number of imidazole rings is 1. The molecule has 7 heteroatoms. The predicted molar refractivity (Wildman–Crippen MR) is 117 cm³/mol. The Morgan fingerprint density at radius 3 is 2.72 bits per heavy atom. The van der Waals surface area contributed by atoms with Gasteiger partial charge in [-0.2, -0.15) is 0 Å². The summed E-state index contributed by atoms with van der Waals surface area (Å²) in [6, 6.07) is 19.2. The van der Waals surface area contributed by atoms with Crippen molar-refractivity contribution < 1.29 is 4.79 Å². The van der Waals surface area contributed by atoms with E-state index >= 15 is 0 Å². The van der Waals surface area contributed by atoms with Crippen LogP contribution in [0.3, 0.4) is 0 Å². The number of fused-ring (bicyclic) bond motifs is 3. The molecule has 1 amide bonds. The molecule has 0 aliphatic carbocycles. The van der Waals surface area contributed by atoms with Gasteiger partial charge in [-0.05, 0) is 37.7 Å². The normalized spacial score (nSPS) is 11.4. The van der Waals surface area contributed by atoms with Gasteiger partial charge in [0.25, 0.3) is 11.5 Å². The molecule has 0 aliphatic heterocycles. The van der Waals surface area contributed by atoms with Crippen LogP contribution in [0.5, 0.6) is 0 Å². The molecule has 0 bridgehead atoms. The van der Waals surface area contributed by atoms with Crippen molar-refractivity contribution in [1.82, 2.24) is 19.6 Å².